The van der Waals surface area contributed by atoms with E-state index < -0.39 is 0 Å². The van der Waals surface area contributed by atoms with E-state index in [-0.39, 0.29) is 11.9 Å². The SMILES string of the molecule is Cc1ccc(C)c(C(=O)NC[C@H](c2cccn2C)N2CCCCCC2)c1. The highest BCUT2D eigenvalue weighted by atomic mass is 16.1. The molecule has 3 rings (SSSR count). The molecule has 1 aliphatic rings. The molecule has 1 aromatic heterocycles. The summed E-state index contributed by atoms with van der Waals surface area (Å²) >= 11 is 0. The zero-order valence-electron chi connectivity index (χ0n) is 16.3. The van der Waals surface area contributed by atoms with Crippen molar-refractivity contribution in [3.8, 4) is 0 Å². The normalized spacial score (nSPS) is 16.9. The number of likely N-dealkylation sites (tertiary alicyclic amines) is 1. The molecule has 1 amide bonds. The Labute approximate surface area is 157 Å². The molecule has 0 saturated carbocycles. The summed E-state index contributed by atoms with van der Waals surface area (Å²) in [6, 6.07) is 10.5. The van der Waals surface area contributed by atoms with E-state index in [1.54, 1.807) is 0 Å². The molecule has 0 spiro atoms. The van der Waals surface area contributed by atoms with E-state index in [0.29, 0.717) is 6.54 Å². The fourth-order valence-corrected chi connectivity index (χ4v) is 3.91. The lowest BCUT2D eigenvalue weighted by Gasteiger charge is -2.31. The van der Waals surface area contributed by atoms with Gasteiger partial charge in [0.15, 0.2) is 0 Å². The van der Waals surface area contributed by atoms with Crippen molar-refractivity contribution in [3.63, 3.8) is 0 Å². The molecule has 0 unspecified atom stereocenters. The second-order valence-corrected chi connectivity index (χ2v) is 7.54. The van der Waals surface area contributed by atoms with E-state index in [0.717, 1.165) is 29.8 Å². The van der Waals surface area contributed by atoms with Crippen molar-refractivity contribution in [2.24, 2.45) is 7.05 Å². The lowest BCUT2D eigenvalue weighted by Crippen LogP contribution is -2.39. The molecule has 26 heavy (non-hydrogen) atoms. The number of benzene rings is 1. The van der Waals surface area contributed by atoms with E-state index in [4.69, 9.17) is 0 Å². The standard InChI is InChI=1S/C22H31N3O/c1-17-10-11-18(2)19(15-17)22(26)23-16-21(20-9-8-12-24(20)3)25-13-6-4-5-7-14-25/h8-12,15,21H,4-7,13-14,16H2,1-3H3,(H,23,26)/t21-/m1/s1. The number of rotatable bonds is 5. The molecule has 0 bridgehead atoms. The lowest BCUT2D eigenvalue weighted by molar-refractivity contribution is 0.0931. The first-order chi connectivity index (χ1) is 12.6. The van der Waals surface area contributed by atoms with E-state index in [2.05, 4.69) is 46.2 Å². The predicted molar refractivity (Wildman–Crippen MR) is 106 cm³/mol. The first-order valence-corrected chi connectivity index (χ1v) is 9.77. The number of carbonyl (C=O) groups is 1. The van der Waals surface area contributed by atoms with Gasteiger partial charge in [0.05, 0.1) is 6.04 Å². The quantitative estimate of drug-likeness (QED) is 0.882. The largest absolute Gasteiger partial charge is 0.353 e. The number of nitrogens with one attached hydrogen (secondary N) is 1. The van der Waals surface area contributed by atoms with Crippen LogP contribution in [0.2, 0.25) is 0 Å². The topological polar surface area (TPSA) is 37.3 Å². The van der Waals surface area contributed by atoms with Crippen LogP contribution in [0.1, 0.15) is 58.9 Å². The van der Waals surface area contributed by atoms with Gasteiger partial charge in [-0.2, -0.15) is 0 Å². The Kier molecular flexibility index (Phi) is 6.15. The minimum atomic E-state index is 0.0280. The van der Waals surface area contributed by atoms with Crippen LogP contribution in [-0.4, -0.2) is 35.0 Å². The van der Waals surface area contributed by atoms with Gasteiger partial charge in [-0.25, -0.2) is 0 Å². The van der Waals surface area contributed by atoms with Gasteiger partial charge in [0.2, 0.25) is 0 Å². The number of aromatic nitrogens is 1. The molecule has 2 aromatic rings. The van der Waals surface area contributed by atoms with Crippen LogP contribution in [0.15, 0.2) is 36.5 Å². The summed E-state index contributed by atoms with van der Waals surface area (Å²) in [5.74, 6) is 0.0280. The third kappa shape index (κ3) is 4.36. The number of carbonyl (C=O) groups excluding carboxylic acids is 1. The molecule has 140 valence electrons. The first kappa shape index (κ1) is 18.7. The van der Waals surface area contributed by atoms with Gasteiger partial charge in [-0.3, -0.25) is 9.69 Å². The van der Waals surface area contributed by atoms with Gasteiger partial charge in [-0.1, -0.05) is 30.5 Å². The highest BCUT2D eigenvalue weighted by Crippen LogP contribution is 2.24. The van der Waals surface area contributed by atoms with Gasteiger partial charge in [-0.15, -0.1) is 0 Å². The third-order valence-electron chi connectivity index (χ3n) is 5.50. The van der Waals surface area contributed by atoms with Crippen molar-refractivity contribution in [2.45, 2.75) is 45.6 Å². The van der Waals surface area contributed by atoms with Crippen LogP contribution in [0.5, 0.6) is 0 Å². The third-order valence-corrected chi connectivity index (χ3v) is 5.50. The summed E-state index contributed by atoms with van der Waals surface area (Å²) in [6.07, 6.45) is 7.20. The van der Waals surface area contributed by atoms with Crippen LogP contribution in [0.25, 0.3) is 0 Å². The van der Waals surface area contributed by atoms with Gasteiger partial charge in [-0.05, 0) is 63.5 Å². The van der Waals surface area contributed by atoms with Gasteiger partial charge < -0.3 is 9.88 Å². The maximum Gasteiger partial charge on any atom is 0.251 e. The smallest absolute Gasteiger partial charge is 0.251 e. The van der Waals surface area contributed by atoms with Crippen LogP contribution in [-0.2, 0) is 7.05 Å². The number of amides is 1. The Balaban J connectivity index is 1.76. The van der Waals surface area contributed by atoms with Crippen LogP contribution in [0.4, 0.5) is 0 Å². The van der Waals surface area contributed by atoms with Gasteiger partial charge in [0.1, 0.15) is 0 Å². The highest BCUT2D eigenvalue weighted by Gasteiger charge is 2.24. The van der Waals surface area contributed by atoms with E-state index in [9.17, 15) is 4.79 Å². The fraction of sp³-hybridized carbons (Fsp3) is 0.500. The molecule has 4 nitrogen and oxygen atoms in total. The van der Waals surface area contributed by atoms with Crippen LogP contribution in [0, 0.1) is 13.8 Å². The monoisotopic (exact) mass is 353 g/mol. The zero-order chi connectivity index (χ0) is 18.5. The highest BCUT2D eigenvalue weighted by molar-refractivity contribution is 5.95. The molecule has 1 aromatic carbocycles. The molecule has 1 aliphatic heterocycles. The Morgan fingerprint density at radius 1 is 1.12 bits per heavy atom. The van der Waals surface area contributed by atoms with Gasteiger partial charge in [0.25, 0.3) is 5.91 Å². The number of hydrogen-bond donors (Lipinski definition) is 1. The maximum atomic E-state index is 12.8. The van der Waals surface area contributed by atoms with Gasteiger partial charge in [0, 0.05) is 31.0 Å². The molecule has 1 atom stereocenters. The summed E-state index contributed by atoms with van der Waals surface area (Å²) < 4.78 is 2.18. The number of nitrogens with zero attached hydrogens (tertiary/aromatic N) is 2. The summed E-state index contributed by atoms with van der Waals surface area (Å²) in [5, 5.41) is 3.21. The zero-order valence-corrected chi connectivity index (χ0v) is 16.3. The molecular weight excluding hydrogens is 322 g/mol. The Bertz CT molecular complexity index is 742. The maximum absolute atomic E-state index is 12.8. The van der Waals surface area contributed by atoms with E-state index >= 15 is 0 Å². The Morgan fingerprint density at radius 3 is 2.50 bits per heavy atom. The summed E-state index contributed by atoms with van der Waals surface area (Å²) in [4.78, 5) is 15.3. The molecule has 0 aliphatic carbocycles. The number of aryl methyl sites for hydroxylation is 3. The molecule has 2 heterocycles. The molecule has 1 fully saturated rings. The summed E-state index contributed by atoms with van der Waals surface area (Å²) in [7, 11) is 2.09. The fourth-order valence-electron chi connectivity index (χ4n) is 3.91. The van der Waals surface area contributed by atoms with Crippen LogP contribution < -0.4 is 5.32 Å². The van der Waals surface area contributed by atoms with Crippen molar-refractivity contribution >= 4 is 5.91 Å². The van der Waals surface area contributed by atoms with E-state index in [1.165, 1.54) is 31.4 Å². The van der Waals surface area contributed by atoms with Crippen molar-refractivity contribution in [2.75, 3.05) is 19.6 Å². The molecular formula is C22H31N3O. The van der Waals surface area contributed by atoms with Crippen molar-refractivity contribution in [3.05, 3.63) is 58.9 Å². The number of hydrogen-bond acceptors (Lipinski definition) is 2. The molecule has 1 saturated heterocycles. The minimum Gasteiger partial charge on any atom is -0.353 e. The average Bonchev–Trinajstić information content (AvgIpc) is 2.88. The predicted octanol–water partition coefficient (Wildman–Crippen LogP) is 3.99. The molecule has 0 radical (unpaired) electrons. The second kappa shape index (κ2) is 8.54. The minimum absolute atomic E-state index is 0.0280. The molecule has 1 N–H and O–H groups in total. The van der Waals surface area contributed by atoms with Crippen molar-refractivity contribution in [1.29, 1.82) is 0 Å². The Morgan fingerprint density at radius 2 is 1.85 bits per heavy atom. The lowest BCUT2D eigenvalue weighted by atomic mass is 10.0. The van der Waals surface area contributed by atoms with Crippen molar-refractivity contribution < 1.29 is 4.79 Å². The van der Waals surface area contributed by atoms with Gasteiger partial charge >= 0.3 is 0 Å². The van der Waals surface area contributed by atoms with Crippen molar-refractivity contribution in [1.82, 2.24) is 14.8 Å². The second-order valence-electron chi connectivity index (χ2n) is 7.54. The van der Waals surface area contributed by atoms with E-state index in [1.807, 2.05) is 26.0 Å². The van der Waals surface area contributed by atoms with Crippen LogP contribution in [0.3, 0.4) is 0 Å². The Hall–Kier alpha value is -2.07. The summed E-state index contributed by atoms with van der Waals surface area (Å²) in [6.45, 7) is 6.88. The molecule has 4 heteroatoms. The summed E-state index contributed by atoms with van der Waals surface area (Å²) in [5.41, 5.74) is 4.20. The van der Waals surface area contributed by atoms with Crippen LogP contribution >= 0.6 is 0 Å². The average molecular weight is 354 g/mol. The first-order valence-electron chi connectivity index (χ1n) is 9.77.